The second-order valence-electron chi connectivity index (χ2n) is 4.37. The Morgan fingerprint density at radius 1 is 1.16 bits per heavy atom. The summed E-state index contributed by atoms with van der Waals surface area (Å²) in [5, 5.41) is 6.38. The van der Waals surface area contributed by atoms with E-state index in [1.807, 2.05) is 6.07 Å². The highest BCUT2D eigenvalue weighted by molar-refractivity contribution is 5.58. The van der Waals surface area contributed by atoms with Gasteiger partial charge in [0.15, 0.2) is 0 Å². The lowest BCUT2D eigenvalue weighted by molar-refractivity contribution is 0.628. The van der Waals surface area contributed by atoms with E-state index >= 15 is 0 Å². The molecule has 1 aromatic carbocycles. The van der Waals surface area contributed by atoms with Gasteiger partial charge in [-0.3, -0.25) is 0 Å². The number of hydrogen-bond acceptors (Lipinski definition) is 4. The van der Waals surface area contributed by atoms with Crippen LogP contribution < -0.4 is 10.6 Å². The van der Waals surface area contributed by atoms with Crippen LogP contribution in [-0.4, -0.2) is 16.0 Å². The molecule has 0 amide bonds. The van der Waals surface area contributed by atoms with Crippen LogP contribution in [0.2, 0.25) is 0 Å². The molecule has 19 heavy (non-hydrogen) atoms. The van der Waals surface area contributed by atoms with Crippen LogP contribution in [0.15, 0.2) is 36.7 Å². The molecule has 100 valence electrons. The van der Waals surface area contributed by atoms with Crippen molar-refractivity contribution in [2.24, 2.45) is 0 Å². The molecule has 1 aromatic heterocycles. The van der Waals surface area contributed by atoms with Gasteiger partial charge in [-0.15, -0.1) is 0 Å². The Kier molecular flexibility index (Phi) is 4.28. The first kappa shape index (κ1) is 13.3. The molecule has 2 rings (SSSR count). The quantitative estimate of drug-likeness (QED) is 0.863. The first-order valence-corrected chi connectivity index (χ1v) is 6.28. The highest BCUT2D eigenvalue weighted by Gasteiger charge is 2.02. The molecule has 4 nitrogen and oxygen atoms in total. The van der Waals surface area contributed by atoms with E-state index in [4.69, 9.17) is 0 Å². The molecular formula is C14H17FN4. The Bertz CT molecular complexity index is 527. The van der Waals surface area contributed by atoms with Gasteiger partial charge in [-0.1, -0.05) is 6.92 Å². The van der Waals surface area contributed by atoms with Gasteiger partial charge in [-0.05, 0) is 37.6 Å². The maximum Gasteiger partial charge on any atom is 0.135 e. The molecule has 0 fully saturated rings. The zero-order valence-electron chi connectivity index (χ0n) is 11.0. The van der Waals surface area contributed by atoms with Crippen LogP contribution in [0.1, 0.15) is 20.3 Å². The zero-order chi connectivity index (χ0) is 13.7. The minimum atomic E-state index is -0.257. The molecular weight excluding hydrogens is 243 g/mol. The van der Waals surface area contributed by atoms with E-state index in [1.54, 1.807) is 12.1 Å². The molecule has 2 aromatic rings. The van der Waals surface area contributed by atoms with Gasteiger partial charge in [0.2, 0.25) is 0 Å². The first-order chi connectivity index (χ1) is 9.17. The Morgan fingerprint density at radius 3 is 2.53 bits per heavy atom. The van der Waals surface area contributed by atoms with Crippen LogP contribution in [0.3, 0.4) is 0 Å². The van der Waals surface area contributed by atoms with E-state index in [1.165, 1.54) is 18.5 Å². The fourth-order valence-electron chi connectivity index (χ4n) is 1.54. The predicted molar refractivity (Wildman–Crippen MR) is 75.1 cm³/mol. The molecule has 1 unspecified atom stereocenters. The molecule has 1 atom stereocenters. The molecule has 0 saturated heterocycles. The van der Waals surface area contributed by atoms with E-state index in [0.717, 1.165) is 17.9 Å². The second-order valence-corrected chi connectivity index (χ2v) is 4.37. The third kappa shape index (κ3) is 3.91. The molecule has 0 aliphatic carbocycles. The molecule has 0 bridgehead atoms. The van der Waals surface area contributed by atoms with E-state index in [9.17, 15) is 4.39 Å². The maximum atomic E-state index is 12.8. The van der Waals surface area contributed by atoms with Crippen LogP contribution in [0.5, 0.6) is 0 Å². The molecule has 0 saturated carbocycles. The second kappa shape index (κ2) is 6.13. The Labute approximate surface area is 112 Å². The van der Waals surface area contributed by atoms with E-state index in [-0.39, 0.29) is 5.82 Å². The summed E-state index contributed by atoms with van der Waals surface area (Å²) >= 11 is 0. The summed E-state index contributed by atoms with van der Waals surface area (Å²) in [5.41, 5.74) is 0.787. The summed E-state index contributed by atoms with van der Waals surface area (Å²) in [4.78, 5) is 8.30. The van der Waals surface area contributed by atoms with Crippen molar-refractivity contribution < 1.29 is 4.39 Å². The molecule has 0 spiro atoms. The predicted octanol–water partition coefficient (Wildman–Crippen LogP) is 3.57. The third-order valence-electron chi connectivity index (χ3n) is 2.79. The van der Waals surface area contributed by atoms with Gasteiger partial charge in [0.1, 0.15) is 23.8 Å². The molecule has 2 N–H and O–H groups in total. The van der Waals surface area contributed by atoms with Crippen LogP contribution >= 0.6 is 0 Å². The summed E-state index contributed by atoms with van der Waals surface area (Å²) < 4.78 is 12.8. The van der Waals surface area contributed by atoms with Gasteiger partial charge in [0.25, 0.3) is 0 Å². The smallest absolute Gasteiger partial charge is 0.135 e. The van der Waals surface area contributed by atoms with Crippen molar-refractivity contribution in [3.63, 3.8) is 0 Å². The number of nitrogens with one attached hydrogen (secondary N) is 2. The van der Waals surface area contributed by atoms with Gasteiger partial charge in [0, 0.05) is 17.8 Å². The zero-order valence-corrected chi connectivity index (χ0v) is 11.0. The number of nitrogens with zero attached hydrogens (tertiary/aromatic N) is 2. The highest BCUT2D eigenvalue weighted by atomic mass is 19.1. The maximum absolute atomic E-state index is 12.8. The van der Waals surface area contributed by atoms with Crippen LogP contribution in [0.25, 0.3) is 0 Å². The van der Waals surface area contributed by atoms with Crippen molar-refractivity contribution in [1.29, 1.82) is 0 Å². The monoisotopic (exact) mass is 260 g/mol. The Balaban J connectivity index is 2.08. The standard InChI is InChI=1S/C14H17FN4/c1-3-10(2)18-13-8-14(17-9-16-13)19-12-6-4-11(15)5-7-12/h4-10H,3H2,1-2H3,(H2,16,17,18,19). The molecule has 0 aliphatic heterocycles. The molecule has 0 aliphatic rings. The topological polar surface area (TPSA) is 49.8 Å². The Morgan fingerprint density at radius 2 is 1.84 bits per heavy atom. The van der Waals surface area contributed by atoms with Crippen molar-refractivity contribution in [3.8, 4) is 0 Å². The number of benzene rings is 1. The average molecular weight is 260 g/mol. The Hall–Kier alpha value is -2.17. The average Bonchev–Trinajstić information content (AvgIpc) is 2.42. The first-order valence-electron chi connectivity index (χ1n) is 6.28. The lowest BCUT2D eigenvalue weighted by Gasteiger charge is -2.12. The lowest BCUT2D eigenvalue weighted by atomic mass is 10.2. The highest BCUT2D eigenvalue weighted by Crippen LogP contribution is 2.17. The van der Waals surface area contributed by atoms with Crippen LogP contribution in [0.4, 0.5) is 21.7 Å². The van der Waals surface area contributed by atoms with Gasteiger partial charge < -0.3 is 10.6 Å². The van der Waals surface area contributed by atoms with Crippen molar-refractivity contribution in [3.05, 3.63) is 42.5 Å². The summed E-state index contributed by atoms with van der Waals surface area (Å²) in [5.74, 6) is 1.19. The van der Waals surface area contributed by atoms with E-state index in [0.29, 0.717) is 11.9 Å². The van der Waals surface area contributed by atoms with Crippen molar-refractivity contribution in [1.82, 2.24) is 9.97 Å². The van der Waals surface area contributed by atoms with Gasteiger partial charge in [0.05, 0.1) is 0 Å². The number of rotatable bonds is 5. The number of halogens is 1. The van der Waals surface area contributed by atoms with Crippen LogP contribution in [0, 0.1) is 5.82 Å². The molecule has 0 radical (unpaired) electrons. The summed E-state index contributed by atoms with van der Waals surface area (Å²) in [6.45, 7) is 4.20. The van der Waals surface area contributed by atoms with E-state index < -0.39 is 0 Å². The minimum Gasteiger partial charge on any atom is -0.367 e. The fraction of sp³-hybridized carbons (Fsp3) is 0.286. The number of anilines is 3. The largest absolute Gasteiger partial charge is 0.367 e. The fourth-order valence-corrected chi connectivity index (χ4v) is 1.54. The molecule has 5 heteroatoms. The summed E-state index contributed by atoms with van der Waals surface area (Å²) in [6.07, 6.45) is 2.52. The normalized spacial score (nSPS) is 11.9. The third-order valence-corrected chi connectivity index (χ3v) is 2.79. The summed E-state index contributed by atoms with van der Waals surface area (Å²) in [6, 6.07) is 8.33. The van der Waals surface area contributed by atoms with Crippen molar-refractivity contribution in [2.75, 3.05) is 10.6 Å². The van der Waals surface area contributed by atoms with Crippen LogP contribution in [-0.2, 0) is 0 Å². The van der Waals surface area contributed by atoms with Gasteiger partial charge in [-0.2, -0.15) is 0 Å². The molecule has 1 heterocycles. The van der Waals surface area contributed by atoms with Gasteiger partial charge in [-0.25, -0.2) is 14.4 Å². The lowest BCUT2D eigenvalue weighted by Crippen LogP contribution is -2.14. The van der Waals surface area contributed by atoms with E-state index in [2.05, 4.69) is 34.4 Å². The summed E-state index contributed by atoms with van der Waals surface area (Å²) in [7, 11) is 0. The number of aromatic nitrogens is 2. The minimum absolute atomic E-state index is 0.257. The van der Waals surface area contributed by atoms with Crippen molar-refractivity contribution >= 4 is 17.3 Å². The SMILES string of the molecule is CCC(C)Nc1cc(Nc2ccc(F)cc2)ncn1. The van der Waals surface area contributed by atoms with Gasteiger partial charge >= 0.3 is 0 Å². The van der Waals surface area contributed by atoms with Crippen molar-refractivity contribution in [2.45, 2.75) is 26.3 Å². The number of hydrogen-bond donors (Lipinski definition) is 2.